The van der Waals surface area contributed by atoms with Crippen molar-refractivity contribution >= 4 is 23.4 Å². The molecule has 1 heterocycles. The van der Waals surface area contributed by atoms with Crippen molar-refractivity contribution in [3.8, 4) is 0 Å². The van der Waals surface area contributed by atoms with Crippen molar-refractivity contribution in [2.24, 2.45) is 0 Å². The van der Waals surface area contributed by atoms with Gasteiger partial charge in [0, 0.05) is 12.2 Å². The number of aromatic nitrogens is 3. The van der Waals surface area contributed by atoms with Gasteiger partial charge >= 0.3 is 5.69 Å². The third-order valence-electron chi connectivity index (χ3n) is 4.00. The second kappa shape index (κ2) is 8.38. The van der Waals surface area contributed by atoms with Gasteiger partial charge in [-0.05, 0) is 37.3 Å². The lowest BCUT2D eigenvalue weighted by atomic mass is 9.98. The lowest BCUT2D eigenvalue weighted by Crippen LogP contribution is -2.25. The molecule has 1 aromatic heterocycles. The van der Waals surface area contributed by atoms with Crippen LogP contribution in [0.3, 0.4) is 0 Å². The molecule has 1 atom stereocenters. The number of benzene rings is 1. The Morgan fingerprint density at radius 1 is 1.36 bits per heavy atom. The summed E-state index contributed by atoms with van der Waals surface area (Å²) in [6, 6.07) is 6.04. The Bertz CT molecular complexity index is 795. The van der Waals surface area contributed by atoms with Crippen LogP contribution in [0.15, 0.2) is 28.2 Å². The molecule has 1 unspecified atom stereocenters. The van der Waals surface area contributed by atoms with Gasteiger partial charge in [-0.15, -0.1) is 5.10 Å². The van der Waals surface area contributed by atoms with Crippen molar-refractivity contribution in [3.05, 3.63) is 39.8 Å². The van der Waals surface area contributed by atoms with Crippen molar-refractivity contribution in [2.45, 2.75) is 63.9 Å². The molecule has 2 N–H and O–H groups in total. The van der Waals surface area contributed by atoms with Gasteiger partial charge in [-0.3, -0.25) is 9.36 Å². The minimum atomic E-state index is -0.370. The van der Waals surface area contributed by atoms with Crippen LogP contribution in [0.1, 0.15) is 51.2 Å². The number of nitrogens with zero attached hydrogens (tertiary/aromatic N) is 2. The zero-order chi connectivity index (χ0) is 18.6. The quantitative estimate of drug-likeness (QED) is 0.739. The highest BCUT2D eigenvalue weighted by Crippen LogP contribution is 2.29. The number of aromatic amines is 1. The molecule has 0 radical (unpaired) electrons. The van der Waals surface area contributed by atoms with Gasteiger partial charge in [0.2, 0.25) is 5.91 Å². The van der Waals surface area contributed by atoms with Gasteiger partial charge in [0.25, 0.3) is 0 Å². The van der Waals surface area contributed by atoms with Crippen LogP contribution in [-0.4, -0.2) is 25.9 Å². The summed E-state index contributed by atoms with van der Waals surface area (Å²) in [5.74, 6) is 0.221. The first-order chi connectivity index (χ1) is 11.8. The summed E-state index contributed by atoms with van der Waals surface area (Å²) in [7, 11) is 0. The normalized spacial score (nSPS) is 12.4. The van der Waals surface area contributed by atoms with Gasteiger partial charge in [-0.1, -0.05) is 50.7 Å². The molecule has 25 heavy (non-hydrogen) atoms. The molecule has 136 valence electrons. The summed E-state index contributed by atoms with van der Waals surface area (Å²) in [6.45, 7) is 10.6. The molecule has 0 saturated heterocycles. The number of hydrogen-bond acceptors (Lipinski definition) is 4. The van der Waals surface area contributed by atoms with Crippen LogP contribution in [0.25, 0.3) is 0 Å². The molecule has 7 heteroatoms. The van der Waals surface area contributed by atoms with E-state index in [0.29, 0.717) is 17.6 Å². The van der Waals surface area contributed by atoms with Gasteiger partial charge in [-0.25, -0.2) is 9.89 Å². The number of thioether (sulfide) groups is 1. The Labute approximate surface area is 152 Å². The average molecular weight is 362 g/mol. The molecule has 0 saturated carbocycles. The molecule has 0 bridgehead atoms. The monoisotopic (exact) mass is 362 g/mol. The van der Waals surface area contributed by atoms with Crippen LogP contribution in [0.2, 0.25) is 0 Å². The minimum absolute atomic E-state index is 0.0975. The highest BCUT2D eigenvalue weighted by atomic mass is 32.2. The topological polar surface area (TPSA) is 79.8 Å². The van der Waals surface area contributed by atoms with E-state index in [-0.39, 0.29) is 16.8 Å². The summed E-state index contributed by atoms with van der Waals surface area (Å²) < 4.78 is 1.57. The van der Waals surface area contributed by atoms with E-state index in [2.05, 4.69) is 29.4 Å². The summed E-state index contributed by atoms with van der Waals surface area (Å²) in [6.07, 6.45) is 0.828. The number of rotatable bonds is 7. The van der Waals surface area contributed by atoms with Gasteiger partial charge in [0.1, 0.15) is 0 Å². The Hall–Kier alpha value is -2.02. The number of amides is 1. The molecule has 1 amide bonds. The maximum atomic E-state index is 12.7. The number of H-pyrrole nitrogens is 1. The Kier molecular flexibility index (Phi) is 6.47. The highest BCUT2D eigenvalue weighted by molar-refractivity contribution is 8.00. The SMILES string of the molecule is CCCn1c(SC(C)C(=O)Nc2c(C)cccc2C(C)C)n[nH]c1=O. The Balaban J connectivity index is 2.16. The number of anilines is 1. The maximum Gasteiger partial charge on any atom is 0.343 e. The summed E-state index contributed by atoms with van der Waals surface area (Å²) in [5, 5.41) is 9.72. The predicted molar refractivity (Wildman–Crippen MR) is 102 cm³/mol. The summed E-state index contributed by atoms with van der Waals surface area (Å²) >= 11 is 1.29. The number of nitrogens with one attached hydrogen (secondary N) is 2. The summed E-state index contributed by atoms with van der Waals surface area (Å²) in [4.78, 5) is 24.4. The molecule has 6 nitrogen and oxygen atoms in total. The van der Waals surface area contributed by atoms with E-state index in [4.69, 9.17) is 0 Å². The minimum Gasteiger partial charge on any atom is -0.325 e. The van der Waals surface area contributed by atoms with Crippen LogP contribution < -0.4 is 11.0 Å². The van der Waals surface area contributed by atoms with E-state index in [1.807, 2.05) is 39.0 Å². The van der Waals surface area contributed by atoms with E-state index >= 15 is 0 Å². The van der Waals surface area contributed by atoms with Gasteiger partial charge in [-0.2, -0.15) is 0 Å². The Morgan fingerprint density at radius 3 is 2.72 bits per heavy atom. The zero-order valence-electron chi connectivity index (χ0n) is 15.4. The highest BCUT2D eigenvalue weighted by Gasteiger charge is 2.21. The van der Waals surface area contributed by atoms with E-state index in [1.54, 1.807) is 4.57 Å². The molecule has 2 rings (SSSR count). The number of hydrogen-bond donors (Lipinski definition) is 2. The zero-order valence-corrected chi connectivity index (χ0v) is 16.2. The van der Waals surface area contributed by atoms with E-state index in [0.717, 1.165) is 23.2 Å². The van der Waals surface area contributed by atoms with Crippen molar-refractivity contribution < 1.29 is 4.79 Å². The van der Waals surface area contributed by atoms with Crippen molar-refractivity contribution in [2.75, 3.05) is 5.32 Å². The Morgan fingerprint density at radius 2 is 2.08 bits per heavy atom. The molecule has 2 aromatic rings. The van der Waals surface area contributed by atoms with Gasteiger partial charge < -0.3 is 5.32 Å². The first-order valence-corrected chi connectivity index (χ1v) is 9.45. The van der Waals surface area contributed by atoms with Crippen LogP contribution in [0.5, 0.6) is 0 Å². The van der Waals surface area contributed by atoms with Gasteiger partial charge in [0.15, 0.2) is 5.16 Å². The smallest absolute Gasteiger partial charge is 0.325 e. The second-order valence-corrected chi connectivity index (χ2v) is 7.71. The fraction of sp³-hybridized carbons (Fsp3) is 0.500. The first-order valence-electron chi connectivity index (χ1n) is 8.57. The number of carbonyl (C=O) groups excluding carboxylic acids is 1. The molecule has 0 spiro atoms. The third kappa shape index (κ3) is 4.54. The van der Waals surface area contributed by atoms with Crippen molar-refractivity contribution in [3.63, 3.8) is 0 Å². The fourth-order valence-corrected chi connectivity index (χ4v) is 3.47. The molecular formula is C18H26N4O2S. The van der Waals surface area contributed by atoms with Gasteiger partial charge in [0.05, 0.1) is 5.25 Å². The van der Waals surface area contributed by atoms with E-state index in [1.165, 1.54) is 11.8 Å². The molecule has 0 fully saturated rings. The fourth-order valence-electron chi connectivity index (χ4n) is 2.59. The van der Waals surface area contributed by atoms with Crippen LogP contribution in [0.4, 0.5) is 5.69 Å². The summed E-state index contributed by atoms with van der Waals surface area (Å²) in [5.41, 5.74) is 2.80. The third-order valence-corrected chi connectivity index (χ3v) is 5.09. The van der Waals surface area contributed by atoms with Crippen LogP contribution in [0, 0.1) is 6.92 Å². The molecule has 0 aliphatic carbocycles. The first kappa shape index (κ1) is 19.3. The van der Waals surface area contributed by atoms with Crippen molar-refractivity contribution in [1.82, 2.24) is 14.8 Å². The largest absolute Gasteiger partial charge is 0.343 e. The average Bonchev–Trinajstić information content (AvgIpc) is 2.90. The molecular weight excluding hydrogens is 336 g/mol. The number of aryl methyl sites for hydroxylation is 1. The lowest BCUT2D eigenvalue weighted by molar-refractivity contribution is -0.115. The van der Waals surface area contributed by atoms with E-state index < -0.39 is 0 Å². The molecule has 0 aliphatic heterocycles. The number of carbonyl (C=O) groups is 1. The number of para-hydroxylation sites is 1. The molecule has 1 aromatic carbocycles. The predicted octanol–water partition coefficient (Wildman–Crippen LogP) is 3.53. The van der Waals surface area contributed by atoms with E-state index in [9.17, 15) is 9.59 Å². The maximum absolute atomic E-state index is 12.7. The van der Waals surface area contributed by atoms with Crippen LogP contribution >= 0.6 is 11.8 Å². The molecule has 0 aliphatic rings. The lowest BCUT2D eigenvalue weighted by Gasteiger charge is -2.18. The van der Waals surface area contributed by atoms with Crippen LogP contribution in [-0.2, 0) is 11.3 Å². The second-order valence-electron chi connectivity index (χ2n) is 6.41. The van der Waals surface area contributed by atoms with Crippen molar-refractivity contribution in [1.29, 1.82) is 0 Å². The standard InChI is InChI=1S/C18H26N4O2S/c1-6-10-22-17(24)20-21-18(22)25-13(5)16(23)19-15-12(4)8-7-9-14(15)11(2)3/h7-9,11,13H,6,10H2,1-5H3,(H,19,23)(H,20,24).